The Balaban J connectivity index is 1.17. The highest BCUT2D eigenvalue weighted by molar-refractivity contribution is 6.08. The third-order valence-corrected chi connectivity index (χ3v) is 9.97. The van der Waals surface area contributed by atoms with Crippen LogP contribution in [0.4, 0.5) is 5.69 Å². The predicted molar refractivity (Wildman–Crippen MR) is 171 cm³/mol. The molecule has 6 nitrogen and oxygen atoms in total. The van der Waals surface area contributed by atoms with E-state index in [1.54, 1.807) is 0 Å². The van der Waals surface area contributed by atoms with Gasteiger partial charge in [-0.3, -0.25) is 9.59 Å². The van der Waals surface area contributed by atoms with Crippen LogP contribution in [0.2, 0.25) is 0 Å². The minimum atomic E-state index is -0.215. The summed E-state index contributed by atoms with van der Waals surface area (Å²) >= 11 is 0. The summed E-state index contributed by atoms with van der Waals surface area (Å²) in [6.07, 6.45) is 11.0. The zero-order chi connectivity index (χ0) is 29.6. The lowest BCUT2D eigenvalue weighted by Gasteiger charge is -2.34. The topological polar surface area (TPSA) is 48.8 Å². The van der Waals surface area contributed by atoms with Gasteiger partial charge in [-0.15, -0.1) is 0 Å². The Morgan fingerprint density at radius 3 is 2.40 bits per heavy atom. The Labute approximate surface area is 255 Å². The van der Waals surface area contributed by atoms with Crippen molar-refractivity contribution in [3.8, 4) is 0 Å². The van der Waals surface area contributed by atoms with Crippen molar-refractivity contribution in [2.75, 3.05) is 31.1 Å². The first kappa shape index (κ1) is 27.9. The van der Waals surface area contributed by atoms with E-state index in [4.69, 9.17) is 0 Å². The van der Waals surface area contributed by atoms with E-state index in [0.717, 1.165) is 61.7 Å². The molecule has 7 rings (SSSR count). The number of hydrogen-bond donors (Lipinski definition) is 0. The van der Waals surface area contributed by atoms with E-state index < -0.39 is 0 Å². The highest BCUT2D eigenvalue weighted by Gasteiger charge is 2.36. The van der Waals surface area contributed by atoms with Crippen LogP contribution >= 0.6 is 0 Å². The molecule has 1 aromatic heterocycles. The number of benzene rings is 2. The number of hydrogen-bond acceptors (Lipinski definition) is 3. The fourth-order valence-electron chi connectivity index (χ4n) is 7.71. The summed E-state index contributed by atoms with van der Waals surface area (Å²) in [5.41, 5.74) is 5.44. The number of aromatic nitrogens is 1. The van der Waals surface area contributed by atoms with E-state index in [1.807, 2.05) is 47.4 Å². The standard InChI is InChI=1S/C37H42N4O2/c1-37(2)23-28(16-18-32(37)27-11-4-3-5-12-27)35(42)41-26-31-17-19-34(40(31)24-29-13-6-7-15-33(29)41)36(43)39-22-10-14-30(39)25-38-20-8-9-21-38/h3-7,11-13,15-19,23,30,32H,8-10,14,20-22,24-26H2,1-2H3/t30-,32?/m0/s1. The van der Waals surface area contributed by atoms with Crippen LogP contribution in [0.15, 0.2) is 90.5 Å². The highest BCUT2D eigenvalue weighted by atomic mass is 16.2. The fourth-order valence-corrected chi connectivity index (χ4v) is 7.71. The SMILES string of the molecule is CC1(C)C=C(C(=O)N2Cc3ccc(C(=O)N4CCC[C@H]4CN4CCCC4)n3Cc3ccccc32)C=CC1c1ccccc1. The zero-order valence-corrected chi connectivity index (χ0v) is 25.4. The van der Waals surface area contributed by atoms with Gasteiger partial charge in [0.1, 0.15) is 5.69 Å². The lowest BCUT2D eigenvalue weighted by molar-refractivity contribution is -0.115. The Bertz CT molecular complexity index is 1580. The molecule has 2 saturated heterocycles. The van der Waals surface area contributed by atoms with E-state index in [-0.39, 0.29) is 29.2 Å². The van der Waals surface area contributed by atoms with Gasteiger partial charge in [-0.2, -0.15) is 0 Å². The number of rotatable bonds is 5. The quantitative estimate of drug-likeness (QED) is 0.355. The van der Waals surface area contributed by atoms with Gasteiger partial charge >= 0.3 is 0 Å². The Morgan fingerprint density at radius 2 is 1.60 bits per heavy atom. The lowest BCUT2D eigenvalue weighted by Crippen LogP contribution is -2.43. The van der Waals surface area contributed by atoms with Gasteiger partial charge < -0.3 is 19.3 Å². The van der Waals surface area contributed by atoms with Crippen molar-refractivity contribution in [1.82, 2.24) is 14.4 Å². The number of allylic oxidation sites excluding steroid dienone is 2. The van der Waals surface area contributed by atoms with Gasteiger partial charge in [-0.05, 0) is 73.5 Å². The molecule has 43 heavy (non-hydrogen) atoms. The van der Waals surface area contributed by atoms with Crippen molar-refractivity contribution in [2.45, 2.75) is 64.6 Å². The van der Waals surface area contributed by atoms with Crippen molar-refractivity contribution in [2.24, 2.45) is 5.41 Å². The average Bonchev–Trinajstić information content (AvgIpc) is 3.77. The highest BCUT2D eigenvalue weighted by Crippen LogP contribution is 2.42. The largest absolute Gasteiger partial charge is 0.334 e. The molecule has 0 N–H and O–H groups in total. The maximum atomic E-state index is 14.3. The molecule has 6 heteroatoms. The number of anilines is 1. The number of para-hydroxylation sites is 1. The van der Waals surface area contributed by atoms with Gasteiger partial charge in [-0.1, -0.05) is 80.6 Å². The molecule has 222 valence electrons. The minimum Gasteiger partial charge on any atom is -0.334 e. The van der Waals surface area contributed by atoms with Gasteiger partial charge in [-0.25, -0.2) is 0 Å². The van der Waals surface area contributed by atoms with Crippen molar-refractivity contribution < 1.29 is 9.59 Å². The predicted octanol–water partition coefficient (Wildman–Crippen LogP) is 6.39. The molecule has 2 fully saturated rings. The van der Waals surface area contributed by atoms with Crippen LogP contribution in [-0.2, 0) is 17.9 Å². The Hall–Kier alpha value is -3.90. The molecule has 1 unspecified atom stereocenters. The molecule has 0 saturated carbocycles. The van der Waals surface area contributed by atoms with Crippen molar-refractivity contribution in [1.29, 1.82) is 0 Å². The molecule has 0 radical (unpaired) electrons. The van der Waals surface area contributed by atoms with Crippen molar-refractivity contribution in [3.05, 3.63) is 113 Å². The smallest absolute Gasteiger partial charge is 0.270 e. The van der Waals surface area contributed by atoms with E-state index >= 15 is 0 Å². The second-order valence-corrected chi connectivity index (χ2v) is 13.3. The summed E-state index contributed by atoms with van der Waals surface area (Å²) in [6.45, 7) is 9.50. The summed E-state index contributed by atoms with van der Waals surface area (Å²) in [7, 11) is 0. The maximum absolute atomic E-state index is 14.3. The summed E-state index contributed by atoms with van der Waals surface area (Å²) < 4.78 is 2.15. The van der Waals surface area contributed by atoms with Crippen LogP contribution in [-0.4, -0.2) is 58.4 Å². The summed E-state index contributed by atoms with van der Waals surface area (Å²) in [5, 5.41) is 0. The van der Waals surface area contributed by atoms with Crippen LogP contribution in [0, 0.1) is 5.41 Å². The Kier molecular flexibility index (Phi) is 7.34. The molecule has 0 bridgehead atoms. The molecule has 0 spiro atoms. The molecule has 1 aliphatic carbocycles. The Morgan fingerprint density at radius 1 is 0.837 bits per heavy atom. The minimum absolute atomic E-state index is 0.00367. The molecule has 4 heterocycles. The molecule has 4 aliphatic rings. The molecule has 2 aromatic carbocycles. The zero-order valence-electron chi connectivity index (χ0n) is 25.4. The van der Waals surface area contributed by atoms with Crippen LogP contribution < -0.4 is 4.90 Å². The van der Waals surface area contributed by atoms with Gasteiger partial charge in [0.15, 0.2) is 0 Å². The first-order valence-corrected chi connectivity index (χ1v) is 16.0. The van der Waals surface area contributed by atoms with Crippen LogP contribution in [0.25, 0.3) is 0 Å². The molecular weight excluding hydrogens is 532 g/mol. The number of fused-ring (bicyclic) bond motifs is 2. The number of nitrogens with zero attached hydrogens (tertiary/aromatic N) is 4. The monoisotopic (exact) mass is 574 g/mol. The molecular formula is C37H42N4O2. The molecule has 3 aliphatic heterocycles. The lowest BCUT2D eigenvalue weighted by atomic mass is 9.71. The number of amides is 2. The van der Waals surface area contributed by atoms with Gasteiger partial charge in [0.25, 0.3) is 11.8 Å². The number of carbonyl (C=O) groups is 2. The van der Waals surface area contributed by atoms with Crippen molar-refractivity contribution >= 4 is 17.5 Å². The van der Waals surface area contributed by atoms with E-state index in [1.165, 1.54) is 18.4 Å². The van der Waals surface area contributed by atoms with Crippen LogP contribution in [0.1, 0.15) is 72.8 Å². The summed E-state index contributed by atoms with van der Waals surface area (Å²) in [6, 6.07) is 23.0. The molecule has 2 amide bonds. The normalized spacial score (nSPS) is 23.1. The van der Waals surface area contributed by atoms with E-state index in [2.05, 4.69) is 70.7 Å². The van der Waals surface area contributed by atoms with Crippen LogP contribution in [0.3, 0.4) is 0 Å². The number of likely N-dealkylation sites (tertiary alicyclic amines) is 2. The first-order chi connectivity index (χ1) is 20.9. The summed E-state index contributed by atoms with van der Waals surface area (Å²) in [4.78, 5) is 34.9. The third kappa shape index (κ3) is 5.27. The van der Waals surface area contributed by atoms with E-state index in [9.17, 15) is 9.59 Å². The van der Waals surface area contributed by atoms with Crippen LogP contribution in [0.5, 0.6) is 0 Å². The van der Waals surface area contributed by atoms with Gasteiger partial charge in [0.05, 0.1) is 13.1 Å². The average molecular weight is 575 g/mol. The summed E-state index contributed by atoms with van der Waals surface area (Å²) in [5.74, 6) is 0.320. The van der Waals surface area contributed by atoms with Crippen molar-refractivity contribution in [3.63, 3.8) is 0 Å². The fraction of sp³-hybridized carbons (Fsp3) is 0.405. The molecule has 2 atom stereocenters. The molecule has 3 aromatic rings. The van der Waals surface area contributed by atoms with Gasteiger partial charge in [0.2, 0.25) is 0 Å². The maximum Gasteiger partial charge on any atom is 0.270 e. The van der Waals surface area contributed by atoms with Gasteiger partial charge in [0, 0.05) is 42.0 Å². The third-order valence-electron chi connectivity index (χ3n) is 9.97. The second-order valence-electron chi connectivity index (χ2n) is 13.3. The first-order valence-electron chi connectivity index (χ1n) is 16.0. The van der Waals surface area contributed by atoms with E-state index in [0.29, 0.717) is 18.7 Å². The number of carbonyl (C=O) groups excluding carboxylic acids is 2. The second kappa shape index (κ2) is 11.3.